The molecule has 0 atom stereocenters. The van der Waals surface area contributed by atoms with E-state index in [0.29, 0.717) is 11.2 Å². The van der Waals surface area contributed by atoms with Gasteiger partial charge in [0.1, 0.15) is 0 Å². The Bertz CT molecular complexity index is 1060. The number of thioether (sulfide) groups is 1. The van der Waals surface area contributed by atoms with Gasteiger partial charge in [-0.05, 0) is 46.2 Å². The Balaban J connectivity index is 2.39. The van der Waals surface area contributed by atoms with Crippen molar-refractivity contribution in [2.45, 2.75) is 39.4 Å². The van der Waals surface area contributed by atoms with Crippen LogP contribution in [0, 0.1) is 28.9 Å². The zero-order valence-corrected chi connectivity index (χ0v) is 20.5. The van der Waals surface area contributed by atoms with Crippen LogP contribution >= 0.6 is 43.6 Å². The van der Waals surface area contributed by atoms with Crippen molar-refractivity contribution in [3.05, 3.63) is 56.5 Å². The lowest BCUT2D eigenvalue weighted by Gasteiger charge is -2.12. The molecule has 0 aliphatic carbocycles. The molecule has 0 unspecified atom stereocenters. The highest BCUT2D eigenvalue weighted by Gasteiger charge is 2.13. The predicted molar refractivity (Wildman–Crippen MR) is 133 cm³/mol. The first kappa shape index (κ1) is 21.3. The lowest BCUT2D eigenvalue weighted by Crippen LogP contribution is -1.91. The van der Waals surface area contributed by atoms with Gasteiger partial charge in [-0.1, -0.05) is 101 Å². The van der Waals surface area contributed by atoms with E-state index >= 15 is 0 Å². The molecule has 0 saturated carbocycles. The number of fused-ring (bicyclic) bond motifs is 2. The van der Waals surface area contributed by atoms with Crippen molar-refractivity contribution in [3.63, 3.8) is 0 Å². The van der Waals surface area contributed by atoms with Crippen LogP contribution in [-0.2, 0) is 0 Å². The third-order valence-corrected chi connectivity index (χ3v) is 5.91. The van der Waals surface area contributed by atoms with E-state index in [1.807, 2.05) is 0 Å². The SMILES string of the molecule is CC(C)CC#Cc1c2ccc(Br)cc2c(C#CSC(C)C)c2ccc(Br)cc12. The minimum absolute atomic E-state index is 0.479. The summed E-state index contributed by atoms with van der Waals surface area (Å²) in [5.41, 5.74) is 2.16. The highest BCUT2D eigenvalue weighted by molar-refractivity contribution is 9.10. The first-order valence-corrected chi connectivity index (χ1v) is 11.8. The fraction of sp³-hybridized carbons (Fsp3) is 0.280. The minimum atomic E-state index is 0.479. The quantitative estimate of drug-likeness (QED) is 0.245. The first-order chi connectivity index (χ1) is 13.4. The maximum Gasteiger partial charge on any atom is 0.0412 e. The van der Waals surface area contributed by atoms with Crippen LogP contribution in [0.2, 0.25) is 0 Å². The van der Waals surface area contributed by atoms with Gasteiger partial charge in [0.05, 0.1) is 0 Å². The molecule has 28 heavy (non-hydrogen) atoms. The van der Waals surface area contributed by atoms with Gasteiger partial charge < -0.3 is 0 Å². The van der Waals surface area contributed by atoms with Crippen molar-refractivity contribution in [3.8, 4) is 23.0 Å². The van der Waals surface area contributed by atoms with Crippen molar-refractivity contribution in [1.29, 1.82) is 0 Å². The summed E-state index contributed by atoms with van der Waals surface area (Å²) in [6.07, 6.45) is 0.889. The summed E-state index contributed by atoms with van der Waals surface area (Å²) >= 11 is 8.93. The number of benzene rings is 3. The van der Waals surface area contributed by atoms with E-state index in [9.17, 15) is 0 Å². The van der Waals surface area contributed by atoms with E-state index in [2.05, 4.69) is 119 Å². The van der Waals surface area contributed by atoms with E-state index in [-0.39, 0.29) is 0 Å². The Morgan fingerprint density at radius 3 is 1.82 bits per heavy atom. The van der Waals surface area contributed by atoms with Gasteiger partial charge >= 0.3 is 0 Å². The summed E-state index contributed by atoms with van der Waals surface area (Å²) in [4.78, 5) is 0. The molecule has 3 aromatic rings. The topological polar surface area (TPSA) is 0 Å². The summed E-state index contributed by atoms with van der Waals surface area (Å²) < 4.78 is 2.11. The van der Waals surface area contributed by atoms with Gasteiger partial charge in [-0.25, -0.2) is 0 Å². The Labute approximate surface area is 189 Å². The summed E-state index contributed by atoms with van der Waals surface area (Å²) in [6.45, 7) is 8.72. The molecular formula is C25H22Br2S. The predicted octanol–water partition coefficient (Wildman–Crippen LogP) is 8.37. The molecule has 0 fully saturated rings. The van der Waals surface area contributed by atoms with Crippen molar-refractivity contribution >= 4 is 65.2 Å². The maximum atomic E-state index is 3.63. The summed E-state index contributed by atoms with van der Waals surface area (Å²) in [7, 11) is 0. The van der Waals surface area contributed by atoms with Crippen molar-refractivity contribution in [2.75, 3.05) is 0 Å². The monoisotopic (exact) mass is 512 g/mol. The first-order valence-electron chi connectivity index (χ1n) is 9.37. The fourth-order valence-corrected chi connectivity index (χ4v) is 4.10. The molecule has 0 nitrogen and oxygen atoms in total. The third kappa shape index (κ3) is 4.96. The number of rotatable bonds is 2. The highest BCUT2D eigenvalue weighted by atomic mass is 79.9. The molecular weight excluding hydrogens is 492 g/mol. The molecule has 0 radical (unpaired) electrons. The Morgan fingerprint density at radius 1 is 0.786 bits per heavy atom. The van der Waals surface area contributed by atoms with E-state index in [1.165, 1.54) is 0 Å². The molecule has 0 aliphatic heterocycles. The zero-order valence-electron chi connectivity index (χ0n) is 16.5. The fourth-order valence-electron chi connectivity index (χ4n) is 2.98. The van der Waals surface area contributed by atoms with Crippen LogP contribution in [0.5, 0.6) is 0 Å². The smallest absolute Gasteiger partial charge is 0.0412 e. The molecule has 0 amide bonds. The second kappa shape index (κ2) is 9.41. The van der Waals surface area contributed by atoms with Crippen LogP contribution in [0.15, 0.2) is 45.3 Å². The second-order valence-electron chi connectivity index (χ2n) is 7.42. The van der Waals surface area contributed by atoms with E-state index in [4.69, 9.17) is 0 Å². The molecule has 0 spiro atoms. The highest BCUT2D eigenvalue weighted by Crippen LogP contribution is 2.35. The number of hydrogen-bond donors (Lipinski definition) is 0. The van der Waals surface area contributed by atoms with Gasteiger partial charge in [0.15, 0.2) is 0 Å². The van der Waals surface area contributed by atoms with Crippen molar-refractivity contribution in [2.24, 2.45) is 5.92 Å². The lowest BCUT2D eigenvalue weighted by molar-refractivity contribution is 0.676. The van der Waals surface area contributed by atoms with Gasteiger partial charge in [-0.3, -0.25) is 0 Å². The summed E-state index contributed by atoms with van der Waals surface area (Å²) in [5, 5.41) is 8.39. The van der Waals surface area contributed by atoms with Crippen LogP contribution in [0.1, 0.15) is 45.2 Å². The lowest BCUT2D eigenvalue weighted by atomic mass is 9.92. The standard InChI is InChI=1S/C25H22Br2S/c1-16(2)6-5-7-20-21-10-8-19(27)15-25(21)23(12-13-28-17(3)4)22-11-9-18(26)14-24(20)22/h8-11,14-17H,6H2,1-4H3. The van der Waals surface area contributed by atoms with Gasteiger partial charge in [-0.2, -0.15) is 0 Å². The molecule has 0 bridgehead atoms. The van der Waals surface area contributed by atoms with Gasteiger partial charge in [-0.15, -0.1) is 0 Å². The second-order valence-corrected chi connectivity index (χ2v) is 10.6. The maximum absolute atomic E-state index is 3.63. The van der Waals surface area contributed by atoms with Crippen LogP contribution in [0.4, 0.5) is 0 Å². The van der Waals surface area contributed by atoms with E-state index < -0.39 is 0 Å². The Hall–Kier alpha value is -1.39. The van der Waals surface area contributed by atoms with Gasteiger partial charge in [0.2, 0.25) is 0 Å². The number of hydrogen-bond acceptors (Lipinski definition) is 1. The molecule has 0 aliphatic rings. The Kier molecular flexibility index (Phi) is 7.16. The normalized spacial score (nSPS) is 10.9. The van der Waals surface area contributed by atoms with Gasteiger partial charge in [0.25, 0.3) is 0 Å². The molecule has 0 heterocycles. The summed E-state index contributed by atoms with van der Waals surface area (Å²) in [5.74, 6) is 10.8. The molecule has 3 aromatic carbocycles. The molecule has 0 saturated heterocycles. The van der Waals surface area contributed by atoms with Crippen molar-refractivity contribution < 1.29 is 0 Å². The number of halogens is 2. The average molecular weight is 514 g/mol. The zero-order chi connectivity index (χ0) is 20.3. The minimum Gasteiger partial charge on any atom is -0.0976 e. The molecule has 0 N–H and O–H groups in total. The molecule has 0 aromatic heterocycles. The van der Waals surface area contributed by atoms with Crippen LogP contribution in [0.25, 0.3) is 21.5 Å². The van der Waals surface area contributed by atoms with Crippen LogP contribution in [-0.4, -0.2) is 5.25 Å². The van der Waals surface area contributed by atoms with E-state index in [0.717, 1.165) is 48.0 Å². The Morgan fingerprint density at radius 2 is 1.32 bits per heavy atom. The molecule has 3 rings (SSSR count). The van der Waals surface area contributed by atoms with Gasteiger partial charge in [0, 0.05) is 42.5 Å². The molecule has 142 valence electrons. The molecule has 3 heteroatoms. The summed E-state index contributed by atoms with van der Waals surface area (Å²) in [6, 6.07) is 12.8. The average Bonchev–Trinajstić information content (AvgIpc) is 2.62. The van der Waals surface area contributed by atoms with Crippen LogP contribution in [0.3, 0.4) is 0 Å². The third-order valence-electron chi connectivity index (χ3n) is 4.23. The van der Waals surface area contributed by atoms with Crippen molar-refractivity contribution in [1.82, 2.24) is 0 Å². The van der Waals surface area contributed by atoms with Crippen LogP contribution < -0.4 is 0 Å². The largest absolute Gasteiger partial charge is 0.0976 e. The van der Waals surface area contributed by atoms with E-state index in [1.54, 1.807) is 11.8 Å².